The van der Waals surface area contributed by atoms with Crippen LogP contribution in [0, 0.1) is 5.82 Å². The van der Waals surface area contributed by atoms with Crippen molar-refractivity contribution in [2.24, 2.45) is 0 Å². The second-order valence-electron chi connectivity index (χ2n) is 5.83. The van der Waals surface area contributed by atoms with E-state index in [1.807, 2.05) is 42.5 Å². The molecule has 27 heavy (non-hydrogen) atoms. The Labute approximate surface area is 162 Å². The first-order chi connectivity index (χ1) is 13.2. The Bertz CT molecular complexity index is 842. The summed E-state index contributed by atoms with van der Waals surface area (Å²) in [5, 5.41) is 3.66. The molecule has 0 saturated carbocycles. The highest BCUT2D eigenvalue weighted by atomic mass is 35.5. The molecule has 0 fully saturated rings. The molecule has 0 atom stereocenters. The van der Waals surface area contributed by atoms with Crippen molar-refractivity contribution in [2.45, 2.75) is 13.2 Å². The second-order valence-corrected chi connectivity index (χ2v) is 6.24. The number of rotatable bonds is 9. The fourth-order valence-corrected chi connectivity index (χ4v) is 2.68. The number of hydrogen-bond acceptors (Lipinski definition) is 4. The van der Waals surface area contributed by atoms with Crippen LogP contribution in [0.15, 0.2) is 66.9 Å². The van der Waals surface area contributed by atoms with Crippen LogP contribution >= 0.6 is 11.6 Å². The van der Waals surface area contributed by atoms with Crippen molar-refractivity contribution in [3.8, 4) is 11.6 Å². The first-order valence-corrected chi connectivity index (χ1v) is 8.99. The van der Waals surface area contributed by atoms with Crippen LogP contribution < -0.4 is 14.8 Å². The van der Waals surface area contributed by atoms with E-state index < -0.39 is 0 Å². The van der Waals surface area contributed by atoms with Crippen LogP contribution in [0.1, 0.15) is 11.1 Å². The molecule has 6 heteroatoms. The zero-order chi connectivity index (χ0) is 18.9. The lowest BCUT2D eigenvalue weighted by Gasteiger charge is -2.11. The van der Waals surface area contributed by atoms with Gasteiger partial charge in [0.1, 0.15) is 24.8 Å². The monoisotopic (exact) mass is 386 g/mol. The fourth-order valence-electron chi connectivity index (χ4n) is 2.46. The molecule has 0 unspecified atom stereocenters. The molecule has 0 saturated heterocycles. The molecular weight excluding hydrogens is 367 g/mol. The number of halogens is 2. The molecule has 140 valence electrons. The highest BCUT2D eigenvalue weighted by molar-refractivity contribution is 6.31. The Kier molecular flexibility index (Phi) is 7.02. The summed E-state index contributed by atoms with van der Waals surface area (Å²) in [5.74, 6) is 0.910. The van der Waals surface area contributed by atoms with Crippen LogP contribution in [0.3, 0.4) is 0 Å². The Morgan fingerprint density at radius 2 is 1.89 bits per heavy atom. The summed E-state index contributed by atoms with van der Waals surface area (Å²) in [4.78, 5) is 4.10. The quantitative estimate of drug-likeness (QED) is 0.545. The number of aromatic nitrogens is 1. The number of nitrogens with one attached hydrogen (secondary N) is 1. The molecule has 0 aliphatic carbocycles. The zero-order valence-corrected chi connectivity index (χ0v) is 15.5. The first kappa shape index (κ1) is 19.1. The van der Waals surface area contributed by atoms with Gasteiger partial charge in [-0.3, -0.25) is 0 Å². The smallest absolute Gasteiger partial charge is 0.213 e. The minimum Gasteiger partial charge on any atom is -0.489 e. The molecule has 4 nitrogen and oxygen atoms in total. The van der Waals surface area contributed by atoms with Gasteiger partial charge in [-0.25, -0.2) is 9.37 Å². The normalized spacial score (nSPS) is 10.6. The largest absolute Gasteiger partial charge is 0.489 e. The lowest BCUT2D eigenvalue weighted by molar-refractivity contribution is 0.298. The van der Waals surface area contributed by atoms with E-state index >= 15 is 0 Å². The van der Waals surface area contributed by atoms with Gasteiger partial charge in [0, 0.05) is 30.9 Å². The summed E-state index contributed by atoms with van der Waals surface area (Å²) in [7, 11) is 0. The minimum atomic E-state index is -0.367. The van der Waals surface area contributed by atoms with E-state index in [1.165, 1.54) is 6.07 Å². The summed E-state index contributed by atoms with van der Waals surface area (Å²) in [6.07, 6.45) is 1.70. The third-order valence-corrected chi connectivity index (χ3v) is 4.19. The van der Waals surface area contributed by atoms with Crippen molar-refractivity contribution >= 4 is 11.6 Å². The predicted molar refractivity (Wildman–Crippen MR) is 104 cm³/mol. The van der Waals surface area contributed by atoms with Gasteiger partial charge in [0.2, 0.25) is 5.88 Å². The third-order valence-electron chi connectivity index (χ3n) is 3.84. The van der Waals surface area contributed by atoms with Crippen molar-refractivity contribution < 1.29 is 13.9 Å². The van der Waals surface area contributed by atoms with Gasteiger partial charge in [-0.1, -0.05) is 35.9 Å². The van der Waals surface area contributed by atoms with E-state index in [0.29, 0.717) is 41.9 Å². The van der Waals surface area contributed by atoms with Crippen molar-refractivity contribution in [3.05, 3.63) is 88.8 Å². The van der Waals surface area contributed by atoms with Crippen LogP contribution in [0.2, 0.25) is 5.02 Å². The van der Waals surface area contributed by atoms with Crippen LogP contribution in [-0.2, 0) is 13.2 Å². The zero-order valence-electron chi connectivity index (χ0n) is 14.7. The van der Waals surface area contributed by atoms with Gasteiger partial charge in [0.05, 0.1) is 5.02 Å². The molecule has 2 aromatic carbocycles. The highest BCUT2D eigenvalue weighted by Gasteiger charge is 2.08. The molecule has 0 aliphatic heterocycles. The molecule has 1 N–H and O–H groups in total. The van der Waals surface area contributed by atoms with E-state index in [2.05, 4.69) is 10.3 Å². The standard InChI is InChI=1S/C21H20ClFN2O2/c22-19-7-4-8-20(23)18(19)15-27-17-6-3-5-16(13-17)14-24-11-12-26-21-9-1-2-10-25-21/h1-10,13,24H,11-12,14-15H2. The van der Waals surface area contributed by atoms with E-state index in [-0.39, 0.29) is 12.4 Å². The van der Waals surface area contributed by atoms with E-state index in [4.69, 9.17) is 21.1 Å². The van der Waals surface area contributed by atoms with Crippen molar-refractivity contribution in [2.75, 3.05) is 13.2 Å². The Balaban J connectivity index is 1.44. The molecule has 3 aromatic rings. The van der Waals surface area contributed by atoms with E-state index in [0.717, 1.165) is 5.56 Å². The molecule has 0 radical (unpaired) electrons. The molecule has 0 spiro atoms. The second kappa shape index (κ2) is 9.90. The summed E-state index contributed by atoms with van der Waals surface area (Å²) in [6.45, 7) is 1.97. The lowest BCUT2D eigenvalue weighted by Crippen LogP contribution is -2.20. The van der Waals surface area contributed by atoms with Crippen LogP contribution in [0.5, 0.6) is 11.6 Å². The Morgan fingerprint density at radius 3 is 2.70 bits per heavy atom. The number of pyridine rings is 1. The number of benzene rings is 2. The van der Waals surface area contributed by atoms with Crippen LogP contribution in [-0.4, -0.2) is 18.1 Å². The van der Waals surface area contributed by atoms with Gasteiger partial charge in [0.25, 0.3) is 0 Å². The summed E-state index contributed by atoms with van der Waals surface area (Å²) in [5.41, 5.74) is 1.42. The molecule has 0 aliphatic rings. The van der Waals surface area contributed by atoms with E-state index in [1.54, 1.807) is 18.3 Å². The highest BCUT2D eigenvalue weighted by Crippen LogP contribution is 2.22. The predicted octanol–water partition coefficient (Wildman–Crippen LogP) is 4.62. The first-order valence-electron chi connectivity index (χ1n) is 8.61. The van der Waals surface area contributed by atoms with Crippen LogP contribution in [0.25, 0.3) is 0 Å². The van der Waals surface area contributed by atoms with Crippen molar-refractivity contribution in [1.82, 2.24) is 10.3 Å². The average molecular weight is 387 g/mol. The molecule has 0 amide bonds. The maximum absolute atomic E-state index is 13.8. The van der Waals surface area contributed by atoms with Crippen molar-refractivity contribution in [3.63, 3.8) is 0 Å². The minimum absolute atomic E-state index is 0.0836. The van der Waals surface area contributed by atoms with Gasteiger partial charge in [-0.2, -0.15) is 0 Å². The summed E-state index contributed by atoms with van der Waals surface area (Å²) < 4.78 is 25.0. The fraction of sp³-hybridized carbons (Fsp3) is 0.190. The number of nitrogens with zero attached hydrogens (tertiary/aromatic N) is 1. The Morgan fingerprint density at radius 1 is 1.00 bits per heavy atom. The molecule has 3 rings (SSSR count). The van der Waals surface area contributed by atoms with Gasteiger partial charge >= 0.3 is 0 Å². The van der Waals surface area contributed by atoms with Gasteiger partial charge in [-0.15, -0.1) is 0 Å². The average Bonchev–Trinajstić information content (AvgIpc) is 2.68. The van der Waals surface area contributed by atoms with Gasteiger partial charge < -0.3 is 14.8 Å². The maximum atomic E-state index is 13.8. The molecule has 1 heterocycles. The molecular formula is C21H20ClFN2O2. The third kappa shape index (κ3) is 5.94. The lowest BCUT2D eigenvalue weighted by atomic mass is 10.2. The number of ether oxygens (including phenoxy) is 2. The molecule has 1 aromatic heterocycles. The maximum Gasteiger partial charge on any atom is 0.213 e. The topological polar surface area (TPSA) is 43.4 Å². The SMILES string of the molecule is Fc1cccc(Cl)c1COc1cccc(CNCCOc2ccccn2)c1. The molecule has 0 bridgehead atoms. The van der Waals surface area contributed by atoms with Crippen LogP contribution in [0.4, 0.5) is 4.39 Å². The number of hydrogen-bond donors (Lipinski definition) is 1. The van der Waals surface area contributed by atoms with Crippen molar-refractivity contribution in [1.29, 1.82) is 0 Å². The Hall–Kier alpha value is -2.63. The van der Waals surface area contributed by atoms with Gasteiger partial charge in [-0.05, 0) is 35.9 Å². The van der Waals surface area contributed by atoms with Gasteiger partial charge in [0.15, 0.2) is 0 Å². The summed E-state index contributed by atoms with van der Waals surface area (Å²) >= 11 is 6.02. The van der Waals surface area contributed by atoms with E-state index in [9.17, 15) is 4.39 Å². The summed E-state index contributed by atoms with van der Waals surface area (Å²) in [6, 6.07) is 17.8.